The SMILES string of the molecule is CCc1cccc(C)c1NC(=O)CN(C(C)=O)c1cccc2cccnc12. The van der Waals surface area contributed by atoms with Gasteiger partial charge in [-0.3, -0.25) is 14.6 Å². The number of aryl methyl sites for hydroxylation is 2. The van der Waals surface area contributed by atoms with Gasteiger partial charge < -0.3 is 10.2 Å². The molecule has 3 rings (SSSR count). The summed E-state index contributed by atoms with van der Waals surface area (Å²) in [7, 11) is 0. The molecule has 0 radical (unpaired) electrons. The molecule has 0 aliphatic rings. The van der Waals surface area contributed by atoms with Crippen LogP contribution in [0.15, 0.2) is 54.7 Å². The van der Waals surface area contributed by atoms with Crippen LogP contribution in [0.2, 0.25) is 0 Å². The Morgan fingerprint density at radius 2 is 1.81 bits per heavy atom. The normalized spacial score (nSPS) is 10.6. The maximum Gasteiger partial charge on any atom is 0.244 e. The summed E-state index contributed by atoms with van der Waals surface area (Å²) in [6, 6.07) is 15.3. The van der Waals surface area contributed by atoms with Crippen LogP contribution < -0.4 is 10.2 Å². The van der Waals surface area contributed by atoms with Gasteiger partial charge in [-0.15, -0.1) is 0 Å². The zero-order valence-corrected chi connectivity index (χ0v) is 15.8. The summed E-state index contributed by atoms with van der Waals surface area (Å²) in [4.78, 5) is 30.9. The Balaban J connectivity index is 1.89. The molecule has 0 aliphatic carbocycles. The average Bonchev–Trinajstić information content (AvgIpc) is 2.67. The molecule has 0 unspecified atom stereocenters. The maximum atomic E-state index is 12.7. The zero-order valence-electron chi connectivity index (χ0n) is 15.8. The van der Waals surface area contributed by atoms with Crippen molar-refractivity contribution in [1.29, 1.82) is 0 Å². The van der Waals surface area contributed by atoms with Gasteiger partial charge in [0.25, 0.3) is 0 Å². The smallest absolute Gasteiger partial charge is 0.244 e. The minimum Gasteiger partial charge on any atom is -0.324 e. The van der Waals surface area contributed by atoms with Crippen molar-refractivity contribution in [3.63, 3.8) is 0 Å². The van der Waals surface area contributed by atoms with E-state index in [0.29, 0.717) is 11.2 Å². The molecule has 138 valence electrons. The van der Waals surface area contributed by atoms with Gasteiger partial charge in [0.05, 0.1) is 11.2 Å². The van der Waals surface area contributed by atoms with Crippen LogP contribution in [0.4, 0.5) is 11.4 Å². The molecule has 1 aromatic heterocycles. The van der Waals surface area contributed by atoms with E-state index in [4.69, 9.17) is 0 Å². The fourth-order valence-corrected chi connectivity index (χ4v) is 3.20. The van der Waals surface area contributed by atoms with Crippen LogP contribution in [-0.4, -0.2) is 23.3 Å². The second-order valence-electron chi connectivity index (χ2n) is 6.47. The van der Waals surface area contributed by atoms with E-state index < -0.39 is 0 Å². The first-order valence-electron chi connectivity index (χ1n) is 9.01. The number of nitrogens with zero attached hydrogens (tertiary/aromatic N) is 2. The third-order valence-electron chi connectivity index (χ3n) is 4.59. The molecular weight excluding hydrogens is 338 g/mol. The molecule has 0 atom stereocenters. The second kappa shape index (κ2) is 7.99. The van der Waals surface area contributed by atoms with Crippen molar-refractivity contribution in [2.24, 2.45) is 0 Å². The Morgan fingerprint density at radius 1 is 1.07 bits per heavy atom. The van der Waals surface area contributed by atoms with Gasteiger partial charge in [-0.05, 0) is 36.6 Å². The van der Waals surface area contributed by atoms with Crippen LogP contribution in [0.1, 0.15) is 25.0 Å². The topological polar surface area (TPSA) is 62.3 Å². The number of benzene rings is 2. The summed E-state index contributed by atoms with van der Waals surface area (Å²) in [5.41, 5.74) is 4.24. The van der Waals surface area contributed by atoms with Crippen molar-refractivity contribution in [3.8, 4) is 0 Å². The Morgan fingerprint density at radius 3 is 2.56 bits per heavy atom. The number of rotatable bonds is 5. The predicted molar refractivity (Wildman–Crippen MR) is 109 cm³/mol. The summed E-state index contributed by atoms with van der Waals surface area (Å²) in [6.07, 6.45) is 2.51. The first-order chi connectivity index (χ1) is 13.0. The zero-order chi connectivity index (χ0) is 19.4. The van der Waals surface area contributed by atoms with E-state index in [1.807, 2.05) is 62.4 Å². The van der Waals surface area contributed by atoms with E-state index in [9.17, 15) is 9.59 Å². The van der Waals surface area contributed by atoms with Gasteiger partial charge in [0.1, 0.15) is 6.54 Å². The monoisotopic (exact) mass is 361 g/mol. The maximum absolute atomic E-state index is 12.7. The number of carbonyl (C=O) groups is 2. The number of aromatic nitrogens is 1. The second-order valence-corrected chi connectivity index (χ2v) is 6.47. The number of hydrogen-bond acceptors (Lipinski definition) is 3. The fraction of sp³-hybridized carbons (Fsp3) is 0.227. The van der Waals surface area contributed by atoms with Crippen molar-refractivity contribution >= 4 is 34.1 Å². The van der Waals surface area contributed by atoms with E-state index in [2.05, 4.69) is 10.3 Å². The summed E-state index contributed by atoms with van der Waals surface area (Å²) >= 11 is 0. The van der Waals surface area contributed by atoms with Crippen molar-refractivity contribution in [1.82, 2.24) is 4.98 Å². The number of anilines is 2. The number of fused-ring (bicyclic) bond motifs is 1. The quantitative estimate of drug-likeness (QED) is 0.744. The highest BCUT2D eigenvalue weighted by molar-refractivity contribution is 6.06. The Labute approximate surface area is 159 Å². The summed E-state index contributed by atoms with van der Waals surface area (Å²) in [6.45, 7) is 5.41. The van der Waals surface area contributed by atoms with Gasteiger partial charge >= 0.3 is 0 Å². The lowest BCUT2D eigenvalue weighted by atomic mass is 10.1. The third-order valence-corrected chi connectivity index (χ3v) is 4.59. The Bertz CT molecular complexity index is 993. The first-order valence-corrected chi connectivity index (χ1v) is 9.01. The van der Waals surface area contributed by atoms with Gasteiger partial charge in [-0.25, -0.2) is 0 Å². The molecule has 2 amide bonds. The molecule has 0 fully saturated rings. The number of para-hydroxylation sites is 2. The fourth-order valence-electron chi connectivity index (χ4n) is 3.20. The standard InChI is InChI=1S/C22H23N3O2/c1-4-17-9-5-8-15(2)21(17)24-20(27)14-25(16(3)26)19-12-6-10-18-11-7-13-23-22(18)19/h5-13H,4,14H2,1-3H3,(H,24,27). The first kappa shape index (κ1) is 18.6. The molecular formula is C22H23N3O2. The molecule has 27 heavy (non-hydrogen) atoms. The molecule has 0 spiro atoms. The third kappa shape index (κ3) is 3.97. The summed E-state index contributed by atoms with van der Waals surface area (Å²) in [5, 5.41) is 3.90. The van der Waals surface area contributed by atoms with Gasteiger partial charge in [0.2, 0.25) is 11.8 Å². The number of nitrogens with one attached hydrogen (secondary N) is 1. The predicted octanol–water partition coefficient (Wildman–Crippen LogP) is 4.10. The number of hydrogen-bond donors (Lipinski definition) is 1. The average molecular weight is 361 g/mol. The molecule has 0 aliphatic heterocycles. The van der Waals surface area contributed by atoms with E-state index in [1.165, 1.54) is 11.8 Å². The van der Waals surface area contributed by atoms with Crippen molar-refractivity contribution < 1.29 is 9.59 Å². The molecule has 3 aromatic rings. The van der Waals surface area contributed by atoms with Crippen molar-refractivity contribution in [2.45, 2.75) is 27.2 Å². The molecule has 5 heteroatoms. The summed E-state index contributed by atoms with van der Waals surface area (Å²) < 4.78 is 0. The molecule has 1 heterocycles. The molecule has 1 N–H and O–H groups in total. The van der Waals surface area contributed by atoms with E-state index in [1.54, 1.807) is 6.20 Å². The summed E-state index contributed by atoms with van der Waals surface area (Å²) in [5.74, 6) is -0.439. The van der Waals surface area contributed by atoms with Crippen LogP contribution in [0.3, 0.4) is 0 Å². The highest BCUT2D eigenvalue weighted by Gasteiger charge is 2.19. The molecule has 2 aromatic carbocycles. The number of amides is 2. The van der Waals surface area contributed by atoms with Gasteiger partial charge in [-0.2, -0.15) is 0 Å². The van der Waals surface area contributed by atoms with E-state index in [0.717, 1.165) is 28.6 Å². The Kier molecular flexibility index (Phi) is 5.50. The lowest BCUT2D eigenvalue weighted by Crippen LogP contribution is -2.37. The van der Waals surface area contributed by atoms with Crippen molar-refractivity contribution in [3.05, 3.63) is 65.9 Å². The van der Waals surface area contributed by atoms with Gasteiger partial charge in [-0.1, -0.05) is 43.3 Å². The molecule has 5 nitrogen and oxygen atoms in total. The van der Waals surface area contributed by atoms with Crippen LogP contribution in [0, 0.1) is 6.92 Å². The van der Waals surface area contributed by atoms with E-state index >= 15 is 0 Å². The van der Waals surface area contributed by atoms with Crippen LogP contribution in [0.5, 0.6) is 0 Å². The minimum atomic E-state index is -0.234. The van der Waals surface area contributed by atoms with Crippen LogP contribution in [0.25, 0.3) is 10.9 Å². The van der Waals surface area contributed by atoms with Gasteiger partial charge in [0.15, 0.2) is 0 Å². The van der Waals surface area contributed by atoms with Crippen molar-refractivity contribution in [2.75, 3.05) is 16.8 Å². The highest BCUT2D eigenvalue weighted by atomic mass is 16.2. The van der Waals surface area contributed by atoms with Crippen LogP contribution >= 0.6 is 0 Å². The number of carbonyl (C=O) groups excluding carboxylic acids is 2. The van der Waals surface area contributed by atoms with Gasteiger partial charge in [0, 0.05) is 24.2 Å². The van der Waals surface area contributed by atoms with E-state index in [-0.39, 0.29) is 18.4 Å². The highest BCUT2D eigenvalue weighted by Crippen LogP contribution is 2.25. The molecule has 0 saturated carbocycles. The van der Waals surface area contributed by atoms with Crippen LogP contribution in [-0.2, 0) is 16.0 Å². The largest absolute Gasteiger partial charge is 0.324 e. The molecule has 0 saturated heterocycles. The minimum absolute atomic E-state index is 0.0670. The Hall–Kier alpha value is -3.21. The number of pyridine rings is 1. The lowest BCUT2D eigenvalue weighted by molar-refractivity contribution is -0.120. The lowest BCUT2D eigenvalue weighted by Gasteiger charge is -2.22. The molecule has 0 bridgehead atoms.